The predicted molar refractivity (Wildman–Crippen MR) is 115 cm³/mol. The predicted octanol–water partition coefficient (Wildman–Crippen LogP) is 4.31. The fourth-order valence-electron chi connectivity index (χ4n) is 3.11. The van der Waals surface area contributed by atoms with E-state index in [0.29, 0.717) is 29.4 Å². The van der Waals surface area contributed by atoms with Crippen molar-refractivity contribution in [2.75, 3.05) is 18.6 Å². The van der Waals surface area contributed by atoms with Crippen LogP contribution in [0.25, 0.3) is 0 Å². The summed E-state index contributed by atoms with van der Waals surface area (Å²) in [7, 11) is 1.54. The van der Waals surface area contributed by atoms with E-state index in [0.717, 1.165) is 12.8 Å². The molecule has 1 heterocycles. The number of nitrogens with zero attached hydrogens (tertiary/aromatic N) is 2. The van der Waals surface area contributed by atoms with Crippen LogP contribution in [0.4, 0.5) is 10.1 Å². The Morgan fingerprint density at radius 2 is 1.97 bits per heavy atom. The van der Waals surface area contributed by atoms with Gasteiger partial charge in [0, 0.05) is 5.69 Å². The van der Waals surface area contributed by atoms with Crippen LogP contribution in [-0.2, 0) is 4.79 Å². The largest absolute Gasteiger partial charge is 0.493 e. The zero-order valence-corrected chi connectivity index (χ0v) is 17.6. The van der Waals surface area contributed by atoms with Crippen LogP contribution in [0.5, 0.6) is 11.5 Å². The SMILES string of the molecule is CCCCOc1ccc(C2NC(=O)C(C#N)=C(S)N2c2ccc(F)cc2)cc1OC. The molecule has 8 heteroatoms. The van der Waals surface area contributed by atoms with Crippen LogP contribution in [0, 0.1) is 17.1 Å². The van der Waals surface area contributed by atoms with Crippen molar-refractivity contribution in [3.8, 4) is 17.6 Å². The Labute approximate surface area is 180 Å². The molecule has 1 amide bonds. The second-order valence-electron chi connectivity index (χ2n) is 6.65. The van der Waals surface area contributed by atoms with Gasteiger partial charge in [-0.1, -0.05) is 19.4 Å². The maximum atomic E-state index is 13.4. The van der Waals surface area contributed by atoms with Gasteiger partial charge in [0.05, 0.1) is 18.7 Å². The minimum atomic E-state index is -0.675. The van der Waals surface area contributed by atoms with Gasteiger partial charge < -0.3 is 19.7 Å². The Morgan fingerprint density at radius 3 is 2.60 bits per heavy atom. The molecule has 1 N–H and O–H groups in total. The molecule has 0 aliphatic carbocycles. The van der Waals surface area contributed by atoms with Crippen LogP contribution in [0.2, 0.25) is 0 Å². The van der Waals surface area contributed by atoms with Gasteiger partial charge in [0.1, 0.15) is 23.6 Å². The molecule has 0 saturated heterocycles. The van der Waals surface area contributed by atoms with E-state index < -0.39 is 17.9 Å². The first-order valence-corrected chi connectivity index (χ1v) is 9.94. The number of amides is 1. The molecule has 1 unspecified atom stereocenters. The Kier molecular flexibility index (Phi) is 6.85. The molecule has 6 nitrogen and oxygen atoms in total. The number of halogens is 1. The third-order valence-corrected chi connectivity index (χ3v) is 5.12. The number of thiol groups is 1. The molecule has 1 aliphatic rings. The van der Waals surface area contributed by atoms with Crippen molar-refractivity contribution < 1.29 is 18.7 Å². The van der Waals surface area contributed by atoms with Crippen molar-refractivity contribution in [3.63, 3.8) is 0 Å². The van der Waals surface area contributed by atoms with E-state index in [2.05, 4.69) is 24.9 Å². The number of unbranched alkanes of at least 4 members (excludes halogenated alkanes) is 1. The van der Waals surface area contributed by atoms with Gasteiger partial charge in [-0.2, -0.15) is 5.26 Å². The van der Waals surface area contributed by atoms with Gasteiger partial charge in [0.15, 0.2) is 11.5 Å². The van der Waals surface area contributed by atoms with Crippen LogP contribution >= 0.6 is 12.6 Å². The number of ether oxygens (including phenoxy) is 2. The lowest BCUT2D eigenvalue weighted by Gasteiger charge is -2.38. The van der Waals surface area contributed by atoms with Crippen LogP contribution in [0.3, 0.4) is 0 Å². The van der Waals surface area contributed by atoms with Crippen molar-refractivity contribution in [1.82, 2.24) is 5.32 Å². The van der Waals surface area contributed by atoms with Crippen molar-refractivity contribution >= 4 is 24.2 Å². The lowest BCUT2D eigenvalue weighted by molar-refractivity contribution is -0.118. The summed E-state index contributed by atoms with van der Waals surface area (Å²) in [5.74, 6) is 0.196. The number of rotatable bonds is 7. The smallest absolute Gasteiger partial charge is 0.266 e. The summed E-state index contributed by atoms with van der Waals surface area (Å²) in [6.07, 6.45) is 1.26. The molecule has 156 valence electrons. The molecule has 1 aliphatic heterocycles. The Balaban J connectivity index is 2.04. The number of hydrogen-bond acceptors (Lipinski definition) is 6. The third-order valence-electron chi connectivity index (χ3n) is 4.68. The van der Waals surface area contributed by atoms with Crippen molar-refractivity contribution in [2.24, 2.45) is 0 Å². The summed E-state index contributed by atoms with van der Waals surface area (Å²) in [6.45, 7) is 2.65. The van der Waals surface area contributed by atoms with Gasteiger partial charge >= 0.3 is 0 Å². The minimum absolute atomic E-state index is 0.120. The zero-order valence-electron chi connectivity index (χ0n) is 16.7. The second-order valence-corrected chi connectivity index (χ2v) is 7.07. The molecule has 2 aromatic rings. The van der Waals surface area contributed by atoms with Gasteiger partial charge in [-0.25, -0.2) is 4.39 Å². The number of anilines is 1. The van der Waals surface area contributed by atoms with Crippen LogP contribution in [0.15, 0.2) is 53.1 Å². The van der Waals surface area contributed by atoms with Gasteiger partial charge in [0.2, 0.25) is 0 Å². The number of hydrogen-bond donors (Lipinski definition) is 2. The molecule has 0 spiro atoms. The van der Waals surface area contributed by atoms with E-state index in [4.69, 9.17) is 9.47 Å². The molecule has 0 radical (unpaired) electrons. The number of carbonyl (C=O) groups excluding carboxylic acids is 1. The summed E-state index contributed by atoms with van der Waals surface area (Å²) in [5, 5.41) is 12.4. The van der Waals surface area contributed by atoms with E-state index in [1.165, 1.54) is 12.1 Å². The molecule has 0 saturated carbocycles. The Morgan fingerprint density at radius 1 is 1.23 bits per heavy atom. The summed E-state index contributed by atoms with van der Waals surface area (Å²) >= 11 is 4.44. The maximum Gasteiger partial charge on any atom is 0.266 e. The maximum absolute atomic E-state index is 13.4. The number of nitrogens with one attached hydrogen (secondary N) is 1. The van der Waals surface area contributed by atoms with E-state index in [9.17, 15) is 14.4 Å². The van der Waals surface area contributed by atoms with E-state index >= 15 is 0 Å². The average molecular weight is 428 g/mol. The molecular formula is C22H22FN3O3S. The number of carbonyl (C=O) groups is 1. The molecule has 2 aromatic carbocycles. The van der Waals surface area contributed by atoms with Crippen molar-refractivity contribution in [1.29, 1.82) is 5.26 Å². The fourth-order valence-corrected chi connectivity index (χ4v) is 3.49. The van der Waals surface area contributed by atoms with Gasteiger partial charge in [0.25, 0.3) is 5.91 Å². The first-order valence-electron chi connectivity index (χ1n) is 9.49. The molecule has 3 rings (SSSR count). The van der Waals surface area contributed by atoms with E-state index in [1.807, 2.05) is 12.1 Å². The summed E-state index contributed by atoms with van der Waals surface area (Å²) in [6, 6.07) is 13.0. The topological polar surface area (TPSA) is 74.6 Å². The molecule has 30 heavy (non-hydrogen) atoms. The van der Waals surface area contributed by atoms with Gasteiger partial charge in [-0.15, -0.1) is 12.6 Å². The van der Waals surface area contributed by atoms with Crippen LogP contribution < -0.4 is 19.7 Å². The minimum Gasteiger partial charge on any atom is -0.493 e. The van der Waals surface area contributed by atoms with Crippen LogP contribution in [-0.4, -0.2) is 19.6 Å². The quantitative estimate of drug-likeness (QED) is 0.509. The monoisotopic (exact) mass is 427 g/mol. The Bertz CT molecular complexity index is 1000. The summed E-state index contributed by atoms with van der Waals surface area (Å²) in [5.41, 5.74) is 1.14. The third kappa shape index (κ3) is 4.36. The first kappa shape index (κ1) is 21.5. The van der Waals surface area contributed by atoms with E-state index in [1.54, 1.807) is 36.3 Å². The fraction of sp³-hybridized carbons (Fsp3) is 0.273. The van der Waals surface area contributed by atoms with Gasteiger partial charge in [-0.3, -0.25) is 4.79 Å². The van der Waals surface area contributed by atoms with Crippen molar-refractivity contribution in [2.45, 2.75) is 25.9 Å². The zero-order chi connectivity index (χ0) is 21.7. The highest BCUT2D eigenvalue weighted by Gasteiger charge is 2.34. The molecule has 1 atom stereocenters. The summed E-state index contributed by atoms with van der Waals surface area (Å²) in [4.78, 5) is 14.1. The molecule has 0 aromatic heterocycles. The molecular weight excluding hydrogens is 405 g/mol. The standard InChI is InChI=1S/C22H22FN3O3S/c1-3-4-11-29-18-10-5-14(12-19(18)28-2)20-25-21(27)17(13-24)22(30)26(20)16-8-6-15(23)7-9-16/h5-10,12,20,30H,3-4,11H2,1-2H3,(H,25,27). The van der Waals surface area contributed by atoms with Crippen LogP contribution in [0.1, 0.15) is 31.5 Å². The number of benzene rings is 2. The summed E-state index contributed by atoms with van der Waals surface area (Å²) < 4.78 is 24.7. The molecule has 0 fully saturated rings. The highest BCUT2D eigenvalue weighted by Crippen LogP contribution is 2.38. The van der Waals surface area contributed by atoms with E-state index in [-0.39, 0.29) is 10.6 Å². The lowest BCUT2D eigenvalue weighted by atomic mass is 10.1. The first-order chi connectivity index (χ1) is 14.5. The number of nitriles is 1. The normalized spacial score (nSPS) is 16.2. The lowest BCUT2D eigenvalue weighted by Crippen LogP contribution is -2.46. The number of methoxy groups -OCH3 is 1. The highest BCUT2D eigenvalue weighted by molar-refractivity contribution is 7.84. The highest BCUT2D eigenvalue weighted by atomic mass is 32.1. The molecule has 0 bridgehead atoms. The Hall–Kier alpha value is -3.18. The second kappa shape index (κ2) is 9.55. The average Bonchev–Trinajstić information content (AvgIpc) is 2.75. The van der Waals surface area contributed by atoms with Gasteiger partial charge in [-0.05, 0) is 48.4 Å². The van der Waals surface area contributed by atoms with Crippen molar-refractivity contribution in [3.05, 3.63) is 64.4 Å².